The Kier molecular flexibility index (Phi) is 5.10. The highest BCUT2D eigenvalue weighted by molar-refractivity contribution is 7.91. The van der Waals surface area contributed by atoms with Crippen LogP contribution in [0.4, 0.5) is 0 Å². The highest BCUT2D eigenvalue weighted by Crippen LogP contribution is 2.59. The fraction of sp³-hybridized carbons (Fsp3) is 0.579. The molecule has 0 aromatic heterocycles. The zero-order chi connectivity index (χ0) is 18.9. The molecule has 1 amide bonds. The summed E-state index contributed by atoms with van der Waals surface area (Å²) in [5, 5.41) is 9.14. The number of sulfone groups is 1. The summed E-state index contributed by atoms with van der Waals surface area (Å²) in [6.07, 6.45) is 3.60. The van der Waals surface area contributed by atoms with Gasteiger partial charge in [0.15, 0.2) is 9.84 Å². The van der Waals surface area contributed by atoms with E-state index in [0.717, 1.165) is 19.3 Å². The second-order valence-electron chi connectivity index (χ2n) is 7.45. The SMILES string of the molecule is CCCCS(=O)(=O)c1ccc(C(=O)N2CCC3(CC2)CC3C(=O)O)cc1. The summed E-state index contributed by atoms with van der Waals surface area (Å²) in [5.74, 6) is -0.989. The Bertz CT molecular complexity index is 792. The van der Waals surface area contributed by atoms with E-state index in [4.69, 9.17) is 5.11 Å². The quantitative estimate of drug-likeness (QED) is 0.820. The summed E-state index contributed by atoms with van der Waals surface area (Å²) >= 11 is 0. The van der Waals surface area contributed by atoms with Gasteiger partial charge in [0.2, 0.25) is 0 Å². The number of aliphatic carboxylic acids is 1. The highest BCUT2D eigenvalue weighted by Gasteiger charge is 2.59. The molecule has 26 heavy (non-hydrogen) atoms. The largest absolute Gasteiger partial charge is 0.481 e. The average Bonchev–Trinajstić information content (AvgIpc) is 3.34. The number of hydrogen-bond donors (Lipinski definition) is 1. The Balaban J connectivity index is 1.62. The van der Waals surface area contributed by atoms with Gasteiger partial charge in [-0.25, -0.2) is 8.42 Å². The van der Waals surface area contributed by atoms with Crippen LogP contribution in [-0.4, -0.2) is 49.1 Å². The zero-order valence-corrected chi connectivity index (χ0v) is 15.8. The van der Waals surface area contributed by atoms with Gasteiger partial charge in [-0.15, -0.1) is 0 Å². The Morgan fingerprint density at radius 1 is 1.19 bits per heavy atom. The van der Waals surface area contributed by atoms with Crippen molar-refractivity contribution in [3.8, 4) is 0 Å². The van der Waals surface area contributed by atoms with Crippen molar-refractivity contribution in [2.24, 2.45) is 11.3 Å². The van der Waals surface area contributed by atoms with Gasteiger partial charge in [-0.3, -0.25) is 9.59 Å². The number of carboxylic acids is 1. The normalized spacial score (nSPS) is 21.6. The second-order valence-corrected chi connectivity index (χ2v) is 9.56. The maximum atomic E-state index is 12.6. The lowest BCUT2D eigenvalue weighted by atomic mass is 9.90. The standard InChI is InChI=1S/C19H25NO5S/c1-2-3-12-26(24,25)15-6-4-14(5-7-15)17(21)20-10-8-19(9-11-20)13-16(19)18(22)23/h4-7,16H,2-3,8-13H2,1H3,(H,22,23). The molecule has 1 saturated carbocycles. The third-order valence-electron chi connectivity index (χ3n) is 5.76. The van der Waals surface area contributed by atoms with Crippen molar-refractivity contribution in [1.82, 2.24) is 4.90 Å². The van der Waals surface area contributed by atoms with Gasteiger partial charge < -0.3 is 10.0 Å². The number of hydrogen-bond acceptors (Lipinski definition) is 4. The van der Waals surface area contributed by atoms with Gasteiger partial charge in [0.1, 0.15) is 0 Å². The third kappa shape index (κ3) is 3.63. The first-order valence-electron chi connectivity index (χ1n) is 9.14. The fourth-order valence-electron chi connectivity index (χ4n) is 3.84. The Morgan fingerprint density at radius 3 is 2.31 bits per heavy atom. The molecular weight excluding hydrogens is 354 g/mol. The molecule has 1 aromatic rings. The summed E-state index contributed by atoms with van der Waals surface area (Å²) in [7, 11) is -3.29. The van der Waals surface area contributed by atoms with Crippen molar-refractivity contribution in [3.05, 3.63) is 29.8 Å². The molecule has 7 heteroatoms. The summed E-state index contributed by atoms with van der Waals surface area (Å²) in [6, 6.07) is 6.15. The van der Waals surface area contributed by atoms with E-state index in [1.165, 1.54) is 12.1 Å². The molecule has 1 spiro atoms. The molecular formula is C19H25NO5S. The van der Waals surface area contributed by atoms with Crippen LogP contribution in [0, 0.1) is 11.3 Å². The number of rotatable bonds is 6. The first kappa shape index (κ1) is 18.9. The minimum Gasteiger partial charge on any atom is -0.481 e. The lowest BCUT2D eigenvalue weighted by molar-refractivity contribution is -0.139. The van der Waals surface area contributed by atoms with Crippen molar-refractivity contribution < 1.29 is 23.1 Å². The van der Waals surface area contributed by atoms with E-state index in [1.54, 1.807) is 17.0 Å². The van der Waals surface area contributed by atoms with Crippen molar-refractivity contribution in [2.75, 3.05) is 18.8 Å². The molecule has 1 aliphatic carbocycles. The molecule has 1 atom stereocenters. The number of carbonyl (C=O) groups is 2. The van der Waals surface area contributed by atoms with Crippen LogP contribution >= 0.6 is 0 Å². The van der Waals surface area contributed by atoms with Gasteiger partial charge in [-0.2, -0.15) is 0 Å². The lowest BCUT2D eigenvalue weighted by Crippen LogP contribution is -2.40. The summed E-state index contributed by atoms with van der Waals surface area (Å²) in [4.78, 5) is 25.8. The van der Waals surface area contributed by atoms with Gasteiger partial charge in [-0.05, 0) is 55.4 Å². The predicted molar refractivity (Wildman–Crippen MR) is 96.7 cm³/mol. The molecule has 1 aromatic carbocycles. The fourth-order valence-corrected chi connectivity index (χ4v) is 5.30. The molecule has 3 rings (SSSR count). The smallest absolute Gasteiger partial charge is 0.307 e. The van der Waals surface area contributed by atoms with E-state index in [2.05, 4.69) is 0 Å². The monoisotopic (exact) mass is 379 g/mol. The average molecular weight is 379 g/mol. The van der Waals surface area contributed by atoms with Gasteiger partial charge >= 0.3 is 5.97 Å². The van der Waals surface area contributed by atoms with Crippen LogP contribution in [0.5, 0.6) is 0 Å². The van der Waals surface area contributed by atoms with Crippen LogP contribution in [0.3, 0.4) is 0 Å². The first-order valence-corrected chi connectivity index (χ1v) is 10.8. The molecule has 6 nitrogen and oxygen atoms in total. The topological polar surface area (TPSA) is 91.8 Å². The Morgan fingerprint density at radius 2 is 1.81 bits per heavy atom. The summed E-state index contributed by atoms with van der Waals surface area (Å²) in [5.41, 5.74) is 0.362. The number of likely N-dealkylation sites (tertiary alicyclic amines) is 1. The molecule has 1 saturated heterocycles. The highest BCUT2D eigenvalue weighted by atomic mass is 32.2. The molecule has 0 bridgehead atoms. The third-order valence-corrected chi connectivity index (χ3v) is 7.58. The van der Waals surface area contributed by atoms with Gasteiger partial charge in [0.25, 0.3) is 5.91 Å². The maximum Gasteiger partial charge on any atom is 0.307 e. The van der Waals surface area contributed by atoms with Crippen LogP contribution < -0.4 is 0 Å². The lowest BCUT2D eigenvalue weighted by Gasteiger charge is -2.32. The van der Waals surface area contributed by atoms with Crippen LogP contribution in [0.2, 0.25) is 0 Å². The van der Waals surface area contributed by atoms with Crippen molar-refractivity contribution in [1.29, 1.82) is 0 Å². The second kappa shape index (κ2) is 7.02. The molecule has 2 fully saturated rings. The van der Waals surface area contributed by atoms with E-state index in [9.17, 15) is 18.0 Å². The summed E-state index contributed by atoms with van der Waals surface area (Å²) < 4.78 is 24.4. The molecule has 142 valence electrons. The molecule has 1 N–H and O–H groups in total. The van der Waals surface area contributed by atoms with Crippen molar-refractivity contribution >= 4 is 21.7 Å². The van der Waals surface area contributed by atoms with Gasteiger partial charge in [-0.1, -0.05) is 13.3 Å². The van der Waals surface area contributed by atoms with E-state index >= 15 is 0 Å². The van der Waals surface area contributed by atoms with Crippen molar-refractivity contribution in [3.63, 3.8) is 0 Å². The van der Waals surface area contributed by atoms with Crippen LogP contribution in [0.15, 0.2) is 29.2 Å². The van der Waals surface area contributed by atoms with E-state index in [-0.39, 0.29) is 27.9 Å². The minimum absolute atomic E-state index is 0.111. The minimum atomic E-state index is -3.29. The van der Waals surface area contributed by atoms with Crippen LogP contribution in [-0.2, 0) is 14.6 Å². The van der Waals surface area contributed by atoms with Crippen LogP contribution in [0.25, 0.3) is 0 Å². The molecule has 1 unspecified atom stereocenters. The molecule has 1 heterocycles. The zero-order valence-electron chi connectivity index (χ0n) is 15.0. The molecule has 1 aliphatic heterocycles. The Hall–Kier alpha value is -1.89. The van der Waals surface area contributed by atoms with Gasteiger partial charge in [0, 0.05) is 18.7 Å². The van der Waals surface area contributed by atoms with Crippen LogP contribution in [0.1, 0.15) is 49.4 Å². The molecule has 2 aliphatic rings. The molecule has 0 radical (unpaired) electrons. The summed E-state index contributed by atoms with van der Waals surface area (Å²) in [6.45, 7) is 3.05. The maximum absolute atomic E-state index is 12.6. The van der Waals surface area contributed by atoms with Crippen molar-refractivity contribution in [2.45, 2.75) is 43.9 Å². The number of benzene rings is 1. The predicted octanol–water partition coefficient (Wildman–Crippen LogP) is 2.59. The van der Waals surface area contributed by atoms with Gasteiger partial charge in [0.05, 0.1) is 16.6 Å². The number of nitrogens with zero attached hydrogens (tertiary/aromatic N) is 1. The van der Waals surface area contributed by atoms with E-state index in [0.29, 0.717) is 31.5 Å². The first-order chi connectivity index (χ1) is 12.3. The Labute approximate surface area is 154 Å². The van der Waals surface area contributed by atoms with E-state index < -0.39 is 15.8 Å². The number of carbonyl (C=O) groups excluding carboxylic acids is 1. The number of carboxylic acid groups (broad SMARTS) is 1. The number of piperidine rings is 1. The number of unbranched alkanes of at least 4 members (excludes halogenated alkanes) is 1. The number of amides is 1. The van der Waals surface area contributed by atoms with E-state index in [1.807, 2.05) is 6.92 Å².